The third kappa shape index (κ3) is 5.23. The van der Waals surface area contributed by atoms with Gasteiger partial charge in [0.05, 0.1) is 48.3 Å². The second kappa shape index (κ2) is 10.6. The number of aromatic nitrogens is 5. The third-order valence-corrected chi connectivity index (χ3v) is 5.46. The molecule has 38 heavy (non-hydrogen) atoms. The number of nitrogens with zero attached hydrogens (tertiary/aromatic N) is 5. The lowest BCUT2D eigenvalue weighted by Crippen LogP contribution is -2.30. The van der Waals surface area contributed by atoms with Crippen molar-refractivity contribution in [3.8, 4) is 39.6 Å². The van der Waals surface area contributed by atoms with Crippen LogP contribution in [0.25, 0.3) is 33.8 Å². The molecular weight excluding hydrogens is 505 g/mol. The molecule has 1 amide bonds. The highest BCUT2D eigenvalue weighted by atomic mass is 19.4. The molecule has 2 N–H and O–H groups in total. The van der Waals surface area contributed by atoms with Crippen LogP contribution >= 0.6 is 0 Å². The van der Waals surface area contributed by atoms with E-state index >= 15 is 0 Å². The van der Waals surface area contributed by atoms with Crippen molar-refractivity contribution in [2.45, 2.75) is 45.6 Å². The predicted octanol–water partition coefficient (Wildman–Crippen LogP) is 4.21. The van der Waals surface area contributed by atoms with Gasteiger partial charge in [0.1, 0.15) is 17.8 Å². The molecule has 0 aliphatic rings. The molecule has 200 valence electrons. The Hall–Kier alpha value is -4.26. The number of hydrogen-bond acceptors (Lipinski definition) is 8. The number of hydrogen-bond donors (Lipinski definition) is 2. The van der Waals surface area contributed by atoms with E-state index in [1.54, 1.807) is 32.0 Å². The van der Waals surface area contributed by atoms with Gasteiger partial charge in [0.2, 0.25) is 0 Å². The highest BCUT2D eigenvalue weighted by Crippen LogP contribution is 2.46. The minimum absolute atomic E-state index is 0.103. The van der Waals surface area contributed by atoms with Crippen LogP contribution in [-0.2, 0) is 12.7 Å². The number of nitrogens with one attached hydrogen (secondary N) is 1. The quantitative estimate of drug-likeness (QED) is 0.347. The van der Waals surface area contributed by atoms with Crippen molar-refractivity contribution in [1.82, 2.24) is 30.2 Å². The van der Waals surface area contributed by atoms with Crippen molar-refractivity contribution in [3.05, 3.63) is 54.2 Å². The Morgan fingerprint density at radius 2 is 1.97 bits per heavy atom. The number of methoxy groups -OCH3 is 1. The first-order valence-electron chi connectivity index (χ1n) is 11.6. The Kier molecular flexibility index (Phi) is 7.49. The number of halogens is 3. The van der Waals surface area contributed by atoms with Crippen LogP contribution in [0.5, 0.6) is 5.75 Å². The lowest BCUT2D eigenvalue weighted by Gasteiger charge is -2.15. The van der Waals surface area contributed by atoms with Crippen LogP contribution in [0.2, 0.25) is 0 Å². The number of carbonyl (C=O) groups excluding carboxylic acids is 1. The molecule has 0 aliphatic heterocycles. The summed E-state index contributed by atoms with van der Waals surface area (Å²) in [5.74, 6) is -0.492. The van der Waals surface area contributed by atoms with Gasteiger partial charge in [-0.1, -0.05) is 11.2 Å². The summed E-state index contributed by atoms with van der Waals surface area (Å²) in [6, 6.07) is 6.12. The first-order valence-corrected chi connectivity index (χ1v) is 11.6. The van der Waals surface area contributed by atoms with Crippen molar-refractivity contribution >= 4 is 5.91 Å². The van der Waals surface area contributed by atoms with Crippen LogP contribution in [0, 0.1) is 0 Å². The summed E-state index contributed by atoms with van der Waals surface area (Å²) in [4.78, 5) is 20.9. The maximum Gasteiger partial charge on any atom is 0.433 e. The monoisotopic (exact) mass is 530 g/mol. The normalized spacial score (nSPS) is 12.6. The lowest BCUT2D eigenvalue weighted by molar-refractivity contribution is -0.144. The molecule has 1 aromatic carbocycles. The standard InChI is InChI=1S/C25H25F3N6O4/c1-13(2)32-24(36)16-7-5-6-15(21(16)37-4)20-19(18-8-9-29-12-30-18)22(38-33-20)17-10-31-34(11-14(3)35)23(17)25(26,27)28/h5-10,12-14,35H,11H2,1-4H3,(H,32,36)/t14-/m1/s1. The SMILES string of the molecule is COc1c(C(=O)NC(C)C)cccc1-c1noc(-c2cnn(C[C@@H](C)O)c2C(F)(F)F)c1-c1ccncn1. The Morgan fingerprint density at radius 3 is 2.58 bits per heavy atom. The predicted molar refractivity (Wildman–Crippen MR) is 130 cm³/mol. The molecule has 1 atom stereocenters. The van der Waals surface area contributed by atoms with E-state index in [0.717, 1.165) is 6.20 Å². The van der Waals surface area contributed by atoms with E-state index in [4.69, 9.17) is 9.26 Å². The maximum atomic E-state index is 14.2. The molecule has 0 fully saturated rings. The summed E-state index contributed by atoms with van der Waals surface area (Å²) in [6.45, 7) is 4.58. The van der Waals surface area contributed by atoms with E-state index in [-0.39, 0.29) is 46.6 Å². The summed E-state index contributed by atoms with van der Waals surface area (Å²) in [5, 5.41) is 20.5. The van der Waals surface area contributed by atoms with E-state index in [0.29, 0.717) is 10.2 Å². The highest BCUT2D eigenvalue weighted by molar-refractivity contribution is 6.01. The molecule has 0 unspecified atom stereocenters. The minimum Gasteiger partial charge on any atom is -0.495 e. The smallest absolute Gasteiger partial charge is 0.433 e. The largest absolute Gasteiger partial charge is 0.495 e. The van der Waals surface area contributed by atoms with Gasteiger partial charge >= 0.3 is 6.18 Å². The molecule has 0 radical (unpaired) electrons. The fourth-order valence-electron chi connectivity index (χ4n) is 4.04. The Balaban J connectivity index is 1.99. The molecule has 0 saturated carbocycles. The number of aliphatic hydroxyl groups excluding tert-OH is 1. The molecule has 13 heteroatoms. The topological polar surface area (TPSA) is 128 Å². The highest BCUT2D eigenvalue weighted by Gasteiger charge is 2.41. The van der Waals surface area contributed by atoms with E-state index in [1.165, 1.54) is 32.6 Å². The number of ether oxygens (including phenoxy) is 1. The molecule has 0 spiro atoms. The number of carbonyl (C=O) groups is 1. The molecule has 10 nitrogen and oxygen atoms in total. The zero-order chi connectivity index (χ0) is 27.6. The first kappa shape index (κ1) is 26.8. The van der Waals surface area contributed by atoms with Crippen LogP contribution in [-0.4, -0.2) is 55.2 Å². The van der Waals surface area contributed by atoms with Gasteiger partial charge in [-0.05, 0) is 39.0 Å². The van der Waals surface area contributed by atoms with Crippen molar-refractivity contribution in [3.63, 3.8) is 0 Å². The van der Waals surface area contributed by atoms with Gasteiger partial charge in [-0.15, -0.1) is 0 Å². The molecule has 4 aromatic rings. The Bertz CT molecular complexity index is 1430. The molecule has 0 aliphatic carbocycles. The maximum absolute atomic E-state index is 14.2. The van der Waals surface area contributed by atoms with Crippen molar-refractivity contribution in [1.29, 1.82) is 0 Å². The fraction of sp³-hybridized carbons (Fsp3) is 0.320. The molecule has 3 aromatic heterocycles. The molecule has 0 bridgehead atoms. The van der Waals surface area contributed by atoms with E-state index in [1.807, 2.05) is 0 Å². The van der Waals surface area contributed by atoms with E-state index in [9.17, 15) is 23.1 Å². The minimum atomic E-state index is -4.83. The van der Waals surface area contributed by atoms with Gasteiger partial charge in [-0.3, -0.25) is 9.48 Å². The number of rotatable bonds is 8. The van der Waals surface area contributed by atoms with Gasteiger partial charge in [-0.25, -0.2) is 9.97 Å². The van der Waals surface area contributed by atoms with E-state index in [2.05, 4.69) is 25.5 Å². The van der Waals surface area contributed by atoms with E-state index < -0.39 is 29.4 Å². The zero-order valence-corrected chi connectivity index (χ0v) is 20.9. The zero-order valence-electron chi connectivity index (χ0n) is 20.9. The van der Waals surface area contributed by atoms with Gasteiger partial charge in [0, 0.05) is 17.8 Å². The van der Waals surface area contributed by atoms with Crippen LogP contribution in [0.3, 0.4) is 0 Å². The van der Waals surface area contributed by atoms with Crippen molar-refractivity contribution in [2.75, 3.05) is 7.11 Å². The fourth-order valence-corrected chi connectivity index (χ4v) is 4.04. The second-order valence-electron chi connectivity index (χ2n) is 8.78. The second-order valence-corrected chi connectivity index (χ2v) is 8.78. The summed E-state index contributed by atoms with van der Waals surface area (Å²) >= 11 is 0. The van der Waals surface area contributed by atoms with Gasteiger partial charge in [0.15, 0.2) is 11.5 Å². The molecule has 0 saturated heterocycles. The summed E-state index contributed by atoms with van der Waals surface area (Å²) in [6.07, 6.45) is -2.25. The van der Waals surface area contributed by atoms with Gasteiger partial charge in [0.25, 0.3) is 5.91 Å². The van der Waals surface area contributed by atoms with Gasteiger partial charge < -0.3 is 19.7 Å². The number of aliphatic hydroxyl groups is 1. The van der Waals surface area contributed by atoms with Crippen LogP contribution in [0.1, 0.15) is 36.8 Å². The van der Waals surface area contributed by atoms with Crippen molar-refractivity contribution < 1.29 is 32.3 Å². The lowest BCUT2D eigenvalue weighted by atomic mass is 9.97. The third-order valence-electron chi connectivity index (χ3n) is 5.46. The number of alkyl halides is 3. The average molecular weight is 531 g/mol. The molecule has 3 heterocycles. The molecular formula is C25H25F3N6O4. The van der Waals surface area contributed by atoms with Crippen molar-refractivity contribution in [2.24, 2.45) is 0 Å². The Labute approximate surface area is 215 Å². The summed E-state index contributed by atoms with van der Waals surface area (Å²) in [7, 11) is 1.37. The number of para-hydroxylation sites is 1. The Morgan fingerprint density at radius 1 is 1.21 bits per heavy atom. The molecule has 4 rings (SSSR count). The van der Waals surface area contributed by atoms with Crippen LogP contribution in [0.4, 0.5) is 13.2 Å². The van der Waals surface area contributed by atoms with Crippen LogP contribution < -0.4 is 10.1 Å². The summed E-state index contributed by atoms with van der Waals surface area (Å²) < 4.78 is 54.4. The summed E-state index contributed by atoms with van der Waals surface area (Å²) in [5.41, 5.74) is -0.552. The average Bonchev–Trinajstić information content (AvgIpc) is 3.47. The number of amides is 1. The van der Waals surface area contributed by atoms with Gasteiger partial charge in [-0.2, -0.15) is 18.3 Å². The number of benzene rings is 1. The van der Waals surface area contributed by atoms with Crippen LogP contribution in [0.15, 0.2) is 47.5 Å². The first-order chi connectivity index (χ1) is 18.0.